The molecule has 0 saturated heterocycles. The molecule has 2 amide bonds. The molecule has 0 unspecified atom stereocenters. The lowest BCUT2D eigenvalue weighted by Gasteiger charge is -2.26. The highest BCUT2D eigenvalue weighted by atomic mass is 19.1. The topological polar surface area (TPSA) is 54.5 Å². The van der Waals surface area contributed by atoms with Gasteiger partial charge in [-0.15, -0.1) is 0 Å². The molecule has 0 saturated carbocycles. The van der Waals surface area contributed by atoms with E-state index in [1.54, 1.807) is 36.5 Å². The third-order valence-corrected chi connectivity index (χ3v) is 4.25. The Labute approximate surface area is 154 Å². The molecular weight excluding hydrogens is 333 g/mol. The second-order valence-corrected chi connectivity index (χ2v) is 6.78. The number of hydrogen-bond donors (Lipinski definition) is 1. The number of urea groups is 1. The van der Waals surface area contributed by atoms with Gasteiger partial charge in [0.2, 0.25) is 0 Å². The van der Waals surface area contributed by atoms with Crippen LogP contribution in [0.3, 0.4) is 0 Å². The highest BCUT2D eigenvalue weighted by molar-refractivity contribution is 5.74. The van der Waals surface area contributed by atoms with Crippen molar-refractivity contribution in [3.63, 3.8) is 0 Å². The van der Waals surface area contributed by atoms with E-state index in [0.717, 1.165) is 11.1 Å². The average Bonchev–Trinajstić information content (AvgIpc) is 2.63. The van der Waals surface area contributed by atoms with Crippen molar-refractivity contribution in [1.82, 2.24) is 15.2 Å². The number of carbonyl (C=O) groups excluding carboxylic acids is 1. The number of benzene rings is 1. The predicted molar refractivity (Wildman–Crippen MR) is 99.0 cm³/mol. The molecule has 1 aromatic carbocycles. The van der Waals surface area contributed by atoms with E-state index in [4.69, 9.17) is 4.74 Å². The van der Waals surface area contributed by atoms with Crippen LogP contribution in [-0.4, -0.2) is 35.2 Å². The van der Waals surface area contributed by atoms with E-state index >= 15 is 0 Å². The molecule has 0 aliphatic carbocycles. The summed E-state index contributed by atoms with van der Waals surface area (Å²) in [4.78, 5) is 18.4. The molecule has 2 aromatic rings. The molecule has 1 aromatic heterocycles. The molecule has 2 rings (SSSR count). The summed E-state index contributed by atoms with van der Waals surface area (Å²) >= 11 is 0. The van der Waals surface area contributed by atoms with Crippen LogP contribution in [0.1, 0.15) is 31.4 Å². The molecule has 0 atom stereocenters. The van der Waals surface area contributed by atoms with Gasteiger partial charge < -0.3 is 15.0 Å². The van der Waals surface area contributed by atoms with Crippen molar-refractivity contribution < 1.29 is 13.9 Å². The van der Waals surface area contributed by atoms with Gasteiger partial charge in [-0.25, -0.2) is 9.18 Å². The van der Waals surface area contributed by atoms with Crippen molar-refractivity contribution in [2.45, 2.75) is 39.0 Å². The van der Waals surface area contributed by atoms with Gasteiger partial charge in [-0.3, -0.25) is 4.98 Å². The molecule has 1 N–H and O–H groups in total. The maximum Gasteiger partial charge on any atom is 0.318 e. The maximum atomic E-state index is 13.1. The lowest BCUT2D eigenvalue weighted by atomic mass is 10.1. The van der Waals surface area contributed by atoms with Crippen molar-refractivity contribution in [2.24, 2.45) is 0 Å². The van der Waals surface area contributed by atoms with Gasteiger partial charge in [0.1, 0.15) is 5.82 Å². The number of pyridine rings is 1. The van der Waals surface area contributed by atoms with E-state index < -0.39 is 0 Å². The Morgan fingerprint density at radius 3 is 2.27 bits per heavy atom. The smallest absolute Gasteiger partial charge is 0.318 e. The fraction of sp³-hybridized carbons (Fsp3) is 0.400. The summed E-state index contributed by atoms with van der Waals surface area (Å²) in [7, 11) is 1.66. The number of ether oxygens (including phenoxy) is 1. The van der Waals surface area contributed by atoms with Crippen molar-refractivity contribution in [1.29, 1.82) is 0 Å². The van der Waals surface area contributed by atoms with Crippen LogP contribution in [0.2, 0.25) is 0 Å². The number of halogens is 1. The minimum absolute atomic E-state index is 0.168. The summed E-state index contributed by atoms with van der Waals surface area (Å²) in [5.74, 6) is -0.291. The standard InChI is InChI=1S/C20H26FN3O2/c1-20(2,26-3)10-13-23-19(25)24(15-17-8-11-22-12-9-17)14-16-4-6-18(21)7-5-16/h4-9,11-12H,10,13-15H2,1-3H3,(H,23,25). The third kappa shape index (κ3) is 6.44. The van der Waals surface area contributed by atoms with Gasteiger partial charge in [0, 0.05) is 39.1 Å². The van der Waals surface area contributed by atoms with Crippen molar-refractivity contribution in [3.8, 4) is 0 Å². The largest absolute Gasteiger partial charge is 0.379 e. The summed E-state index contributed by atoms with van der Waals surface area (Å²) in [6.45, 7) is 5.30. The molecule has 6 heteroatoms. The van der Waals surface area contributed by atoms with Gasteiger partial charge in [-0.2, -0.15) is 0 Å². The van der Waals surface area contributed by atoms with Crippen LogP contribution in [0.4, 0.5) is 9.18 Å². The molecule has 0 bridgehead atoms. The molecule has 0 aliphatic heterocycles. The molecule has 1 heterocycles. The summed E-state index contributed by atoms with van der Waals surface area (Å²) in [5.41, 5.74) is 1.56. The van der Waals surface area contributed by atoms with Crippen LogP contribution in [0.5, 0.6) is 0 Å². The van der Waals surface area contributed by atoms with Gasteiger partial charge in [0.05, 0.1) is 5.60 Å². The second kappa shape index (κ2) is 9.29. The van der Waals surface area contributed by atoms with Gasteiger partial charge in [-0.1, -0.05) is 12.1 Å². The number of hydrogen-bond acceptors (Lipinski definition) is 3. The first-order valence-electron chi connectivity index (χ1n) is 8.61. The van der Waals surface area contributed by atoms with E-state index in [9.17, 15) is 9.18 Å². The third-order valence-electron chi connectivity index (χ3n) is 4.25. The first-order chi connectivity index (χ1) is 12.4. The zero-order valence-corrected chi connectivity index (χ0v) is 15.5. The molecule has 0 spiro atoms. The fourth-order valence-corrected chi connectivity index (χ4v) is 2.40. The van der Waals surface area contributed by atoms with E-state index in [-0.39, 0.29) is 17.4 Å². The lowest BCUT2D eigenvalue weighted by molar-refractivity contribution is 0.0162. The zero-order chi connectivity index (χ0) is 19.0. The highest BCUT2D eigenvalue weighted by Crippen LogP contribution is 2.13. The van der Waals surface area contributed by atoms with Crippen molar-refractivity contribution >= 4 is 6.03 Å². The Balaban J connectivity index is 2.03. The van der Waals surface area contributed by atoms with Crippen LogP contribution in [0.25, 0.3) is 0 Å². The Morgan fingerprint density at radius 2 is 1.69 bits per heavy atom. The monoisotopic (exact) mass is 359 g/mol. The summed E-state index contributed by atoms with van der Waals surface area (Å²) in [6, 6.07) is 9.76. The van der Waals surface area contributed by atoms with E-state index in [1.165, 1.54) is 12.1 Å². The van der Waals surface area contributed by atoms with Gasteiger partial charge in [0.25, 0.3) is 0 Å². The van der Waals surface area contributed by atoms with Gasteiger partial charge in [-0.05, 0) is 55.7 Å². The zero-order valence-electron chi connectivity index (χ0n) is 15.5. The molecule has 0 radical (unpaired) electrons. The molecule has 0 aliphatic rings. The number of carbonyl (C=O) groups is 1. The molecule has 0 fully saturated rings. The lowest BCUT2D eigenvalue weighted by Crippen LogP contribution is -2.41. The highest BCUT2D eigenvalue weighted by Gasteiger charge is 2.18. The summed E-state index contributed by atoms with van der Waals surface area (Å²) in [5, 5.41) is 2.94. The summed E-state index contributed by atoms with van der Waals surface area (Å²) < 4.78 is 18.5. The number of amides is 2. The second-order valence-electron chi connectivity index (χ2n) is 6.78. The quantitative estimate of drug-likeness (QED) is 0.781. The van der Waals surface area contributed by atoms with Crippen molar-refractivity contribution in [2.75, 3.05) is 13.7 Å². The Hall–Kier alpha value is -2.47. The number of nitrogens with one attached hydrogen (secondary N) is 1. The van der Waals surface area contributed by atoms with E-state index in [0.29, 0.717) is 26.1 Å². The average molecular weight is 359 g/mol. The first-order valence-corrected chi connectivity index (χ1v) is 8.61. The van der Waals surface area contributed by atoms with Crippen LogP contribution in [0, 0.1) is 5.82 Å². The summed E-state index contributed by atoms with van der Waals surface area (Å²) in [6.07, 6.45) is 4.10. The number of nitrogens with zero attached hydrogens (tertiary/aromatic N) is 2. The molecular formula is C20H26FN3O2. The SMILES string of the molecule is COC(C)(C)CCNC(=O)N(Cc1ccncc1)Cc1ccc(F)cc1. The van der Waals surface area contributed by atoms with E-state index in [2.05, 4.69) is 10.3 Å². The van der Waals surface area contributed by atoms with Crippen LogP contribution in [-0.2, 0) is 17.8 Å². The fourth-order valence-electron chi connectivity index (χ4n) is 2.40. The minimum atomic E-state index is -0.292. The Kier molecular flexibility index (Phi) is 7.09. The van der Waals surface area contributed by atoms with Crippen LogP contribution in [0.15, 0.2) is 48.8 Å². The molecule has 140 valence electrons. The normalized spacial score (nSPS) is 11.2. The van der Waals surface area contributed by atoms with Crippen LogP contribution >= 0.6 is 0 Å². The minimum Gasteiger partial charge on any atom is -0.379 e. The number of aromatic nitrogens is 1. The molecule has 26 heavy (non-hydrogen) atoms. The number of rotatable bonds is 8. The van der Waals surface area contributed by atoms with Crippen molar-refractivity contribution in [3.05, 3.63) is 65.7 Å². The Morgan fingerprint density at radius 1 is 1.12 bits per heavy atom. The maximum absolute atomic E-state index is 13.1. The number of methoxy groups -OCH3 is 1. The van der Waals surface area contributed by atoms with Gasteiger partial charge in [0.15, 0.2) is 0 Å². The van der Waals surface area contributed by atoms with E-state index in [1.807, 2.05) is 26.0 Å². The predicted octanol–water partition coefficient (Wildman–Crippen LogP) is 3.75. The molecule has 5 nitrogen and oxygen atoms in total. The van der Waals surface area contributed by atoms with Crippen LogP contribution < -0.4 is 5.32 Å². The first kappa shape index (κ1) is 19.8. The van der Waals surface area contributed by atoms with Gasteiger partial charge >= 0.3 is 6.03 Å². The Bertz CT molecular complexity index is 690.